The molecule has 14 heavy (non-hydrogen) atoms. The first-order valence-corrected chi connectivity index (χ1v) is 3.02. The fraction of sp³-hybridized carbons (Fsp3) is 0.714. The van der Waals surface area contributed by atoms with E-state index in [0.717, 1.165) is 0 Å². The molecule has 0 aromatic carbocycles. The molecule has 0 aliphatic heterocycles. The third-order valence-corrected chi connectivity index (χ3v) is 1.26. The molecule has 0 fully saturated rings. The number of rotatable bonds is 4. The molecule has 0 aliphatic rings. The van der Waals surface area contributed by atoms with E-state index >= 15 is 0 Å². The molecule has 0 radical (unpaired) electrons. The number of carboxylic acids is 2. The summed E-state index contributed by atoms with van der Waals surface area (Å²) >= 11 is 0. The molecule has 4 nitrogen and oxygen atoms in total. The number of hydrogen-bond donors (Lipinski definition) is 2. The molecule has 0 amide bonds. The van der Waals surface area contributed by atoms with Crippen LogP contribution in [0.3, 0.4) is 0 Å². The monoisotopic (exact) mass is 963 g/mol. The average Bonchev–Trinajstić information content (AvgIpc) is 1.81. The molecule has 1 unspecified atom stereocenters. The Balaban J connectivity index is -0.0000000675. The van der Waals surface area contributed by atoms with Gasteiger partial charge < -0.3 is 10.2 Å². The Morgan fingerprint density at radius 2 is 1.50 bits per heavy atom. The van der Waals surface area contributed by atoms with Crippen molar-refractivity contribution in [3.63, 3.8) is 0 Å². The minimum absolute atomic E-state index is 0. The van der Waals surface area contributed by atoms with E-state index in [0.29, 0.717) is 6.42 Å². The fourth-order valence-electron chi connectivity index (χ4n) is 0.617. The summed E-state index contributed by atoms with van der Waals surface area (Å²) in [7, 11) is 0. The molecule has 0 rings (SSSR count). The van der Waals surface area contributed by atoms with Crippen LogP contribution in [0, 0.1) is 5.92 Å². The first kappa shape index (κ1) is 32.6. The maximum atomic E-state index is 10.2. The second kappa shape index (κ2) is 11.7. The molecule has 0 aliphatic carbocycles. The van der Waals surface area contributed by atoms with E-state index in [1.807, 2.05) is 0 Å². The van der Waals surface area contributed by atoms with Crippen molar-refractivity contribution < 1.29 is 19.8 Å². The van der Waals surface area contributed by atoms with Gasteiger partial charge in [-0.2, -0.15) is 0 Å². The predicted octanol–water partition coefficient (Wildman–Crippen LogP) is 1.21. The molecule has 0 saturated heterocycles. The zero-order chi connectivity index (χ0) is 8.15. The summed E-state index contributed by atoms with van der Waals surface area (Å²) in [5.41, 5.74) is 0. The molecule has 0 bridgehead atoms. The molecule has 2 N–H and O–H groups in total. The van der Waals surface area contributed by atoms with Gasteiger partial charge in [0.25, 0.3) is 0 Å². The van der Waals surface area contributed by atoms with E-state index in [9.17, 15) is 9.59 Å². The predicted molar refractivity (Wildman–Crippen MR) is 40.4 cm³/mol. The molecule has 0 aromatic heterocycles. The zero-order valence-corrected chi connectivity index (χ0v) is 27.0. The maximum Gasteiger partial charge on any atom is 0.307 e. The van der Waals surface area contributed by atoms with E-state index in [4.69, 9.17) is 10.2 Å². The average molecular weight is 963 g/mol. The summed E-state index contributed by atoms with van der Waals surface area (Å²) in [6, 6.07) is 0. The normalized spacial score (nSPS) is 8.93. The van der Waals surface area contributed by atoms with Crippen LogP contribution in [0.4, 0.5) is 0 Å². The van der Waals surface area contributed by atoms with Crippen molar-refractivity contribution in [2.24, 2.45) is 5.92 Å². The Morgan fingerprint density at radius 3 is 1.57 bits per heavy atom. The van der Waals surface area contributed by atoms with Crippen molar-refractivity contribution in [2.75, 3.05) is 0 Å². The first-order chi connectivity index (χ1) is 4.57. The van der Waals surface area contributed by atoms with Crippen molar-refractivity contribution in [2.45, 2.75) is 27.2 Å². The van der Waals surface area contributed by atoms with E-state index < -0.39 is 17.9 Å². The molecular weight excluding hydrogens is 949 g/mol. The van der Waals surface area contributed by atoms with Gasteiger partial charge in [0.05, 0.1) is 12.3 Å². The number of hydrogen-bond acceptors (Lipinski definition) is 2. The number of carboxylic acid groups (broad SMARTS) is 2. The van der Waals surface area contributed by atoms with Gasteiger partial charge in [0.15, 0.2) is 0 Å². The number of aliphatic carboxylic acids is 2. The number of carbonyl (C=O) groups is 2. The van der Waals surface area contributed by atoms with Gasteiger partial charge in [-0.05, 0) is 6.42 Å². The Labute approximate surface area is 65.8 Å². The van der Waals surface area contributed by atoms with Gasteiger partial charge in [0.2, 0.25) is 0 Å². The first-order valence-electron chi connectivity index (χ1n) is 3.02. The largest absolute Gasteiger partial charge is 0.481 e. The van der Waals surface area contributed by atoms with Crippen molar-refractivity contribution in [3.05, 3.63) is 0 Å². The van der Waals surface area contributed by atoms with E-state index in [1.54, 1.807) is 6.92 Å². The Morgan fingerprint density at radius 1 is 1.14 bits per heavy atom. The van der Waals surface area contributed by atoms with Crippen molar-refractivity contribution in [1.29, 1.82) is 0 Å². The molecule has 72 valence electrons. The van der Waals surface area contributed by atoms with Gasteiger partial charge in [-0.15, -0.1) is 0 Å². The second-order valence-electron chi connectivity index (χ2n) is 2.04. The minimum atomic E-state index is -1.06. The molecule has 1 atom stereocenters. The van der Waals surface area contributed by atoms with E-state index in [2.05, 4.69) is 0 Å². The van der Waals surface area contributed by atoms with Crippen LogP contribution >= 0.6 is 0 Å². The van der Waals surface area contributed by atoms with Crippen LogP contribution in [-0.2, 0) is 9.59 Å². The smallest absolute Gasteiger partial charge is 0.307 e. The van der Waals surface area contributed by atoms with Gasteiger partial charge in [-0.1, -0.05) is 14.4 Å². The summed E-state index contributed by atoms with van der Waals surface area (Å²) in [4.78, 5) is 20.2. The topological polar surface area (TPSA) is 74.6 Å². The molecular formula is C7H14O4Rf3. The van der Waals surface area contributed by atoms with Crippen LogP contribution < -0.4 is 0 Å². The molecule has 0 heterocycles. The molecule has 0 saturated carbocycles. The molecule has 7 heteroatoms. The summed E-state index contributed by atoms with van der Waals surface area (Å²) in [6.07, 6.45) is 0.0769. The van der Waals surface area contributed by atoms with E-state index in [-0.39, 0.29) is 13.8 Å². The van der Waals surface area contributed by atoms with Crippen LogP contribution in [0.2, 0.25) is 0 Å². The van der Waals surface area contributed by atoms with Gasteiger partial charge >= 0.3 is 11.9 Å². The van der Waals surface area contributed by atoms with Crippen LogP contribution in [0.5, 0.6) is 0 Å². The summed E-state index contributed by atoms with van der Waals surface area (Å²) in [5, 5.41) is 16.6. The fourth-order valence-corrected chi connectivity index (χ4v) is 0.617. The van der Waals surface area contributed by atoms with Crippen LogP contribution in [0.1, 0.15) is 27.2 Å². The Kier molecular flexibility index (Phi) is 27.2. The van der Waals surface area contributed by atoms with Crippen molar-refractivity contribution >= 4 is 11.9 Å². The minimum Gasteiger partial charge on any atom is -0.481 e. The second-order valence-corrected chi connectivity index (χ2v) is 2.04. The molecule has 0 aromatic rings. The quantitative estimate of drug-likeness (QED) is 0.445. The van der Waals surface area contributed by atoms with Gasteiger partial charge in [0, 0.05) is 0 Å². The van der Waals surface area contributed by atoms with E-state index in [1.165, 1.54) is 0 Å². The van der Waals surface area contributed by atoms with Crippen LogP contribution in [0.15, 0.2) is 0 Å². The third kappa shape index (κ3) is 10.8. The third-order valence-electron chi connectivity index (χ3n) is 1.26. The van der Waals surface area contributed by atoms with Gasteiger partial charge in [-0.3, -0.25) is 9.59 Å². The van der Waals surface area contributed by atoms with Crippen LogP contribution in [-0.4, -0.2) is 22.2 Å². The van der Waals surface area contributed by atoms with Gasteiger partial charge in [-0.25, -0.2) is 0 Å². The zero-order valence-electron chi connectivity index (χ0n) is 7.82. The summed E-state index contributed by atoms with van der Waals surface area (Å²) < 4.78 is 0. The Bertz CT molecular complexity index is 152. The Hall–Kier alpha value is -4.06. The van der Waals surface area contributed by atoms with Crippen LogP contribution in [0.25, 0.3) is 0 Å². The van der Waals surface area contributed by atoms with Crippen molar-refractivity contribution in [1.82, 2.24) is 0 Å². The SMILES string of the molecule is C.CCC(CC(=O)O)C(=O)O.[Rf].[Rf].[Rf]. The molecule has 0 spiro atoms. The maximum absolute atomic E-state index is 10.2. The van der Waals surface area contributed by atoms with Crippen molar-refractivity contribution in [3.8, 4) is 0 Å². The summed E-state index contributed by atoms with van der Waals surface area (Å²) in [6.45, 7) is 1.65. The van der Waals surface area contributed by atoms with Gasteiger partial charge in [0.1, 0.15) is 0 Å². The summed E-state index contributed by atoms with van der Waals surface area (Å²) in [5.74, 6) is -2.84. The standard InChI is InChI=1S/C6H10O4.CH4.3Rf/c1-2-4(6(9)10)3-5(7)8;;;;/h4H,2-3H2,1H3,(H,7,8)(H,9,10);1H4;;;.